The molecule has 2 rings (SSSR count). The molecule has 2 aromatic rings. The van der Waals surface area contributed by atoms with E-state index in [4.69, 9.17) is 0 Å². The second-order valence-electron chi connectivity index (χ2n) is 4.12. The SMILES string of the molecule is CCn1cnnc1CNc1ccc(S(=O)(=O)NC)cc1. The average molecular weight is 295 g/mol. The molecule has 0 aliphatic heterocycles. The van der Waals surface area contributed by atoms with Gasteiger partial charge in [-0.25, -0.2) is 13.1 Å². The molecule has 0 amide bonds. The van der Waals surface area contributed by atoms with Crippen molar-refractivity contribution in [1.82, 2.24) is 19.5 Å². The second kappa shape index (κ2) is 6.02. The molecule has 8 heteroatoms. The molecule has 0 saturated heterocycles. The number of hydrogen-bond acceptors (Lipinski definition) is 5. The number of nitrogens with one attached hydrogen (secondary N) is 2. The Morgan fingerprint density at radius 2 is 1.95 bits per heavy atom. The maximum Gasteiger partial charge on any atom is 0.240 e. The van der Waals surface area contributed by atoms with Crippen LogP contribution in [-0.2, 0) is 23.1 Å². The summed E-state index contributed by atoms with van der Waals surface area (Å²) in [5.41, 5.74) is 0.825. The van der Waals surface area contributed by atoms with Crippen molar-refractivity contribution >= 4 is 15.7 Å². The average Bonchev–Trinajstić information content (AvgIpc) is 2.93. The molecule has 0 atom stereocenters. The fourth-order valence-corrected chi connectivity index (χ4v) is 2.46. The lowest BCUT2D eigenvalue weighted by Gasteiger charge is -2.08. The van der Waals surface area contributed by atoms with Crippen molar-refractivity contribution < 1.29 is 8.42 Å². The Hall–Kier alpha value is -1.93. The van der Waals surface area contributed by atoms with Crippen LogP contribution in [0.1, 0.15) is 12.7 Å². The molecular weight excluding hydrogens is 278 g/mol. The van der Waals surface area contributed by atoms with Crippen LogP contribution in [0.3, 0.4) is 0 Å². The summed E-state index contributed by atoms with van der Waals surface area (Å²) in [7, 11) is -2.00. The van der Waals surface area contributed by atoms with E-state index < -0.39 is 10.0 Å². The highest BCUT2D eigenvalue weighted by Gasteiger charge is 2.10. The molecule has 1 aromatic carbocycles. The molecule has 0 unspecified atom stereocenters. The molecule has 0 aliphatic carbocycles. The van der Waals surface area contributed by atoms with Crippen LogP contribution in [0.15, 0.2) is 35.5 Å². The van der Waals surface area contributed by atoms with Crippen molar-refractivity contribution in [3.8, 4) is 0 Å². The molecule has 0 aliphatic rings. The van der Waals surface area contributed by atoms with Gasteiger partial charge in [-0.05, 0) is 38.2 Å². The van der Waals surface area contributed by atoms with Gasteiger partial charge in [-0.3, -0.25) is 0 Å². The molecule has 0 bridgehead atoms. The first kappa shape index (κ1) is 14.5. The van der Waals surface area contributed by atoms with Gasteiger partial charge < -0.3 is 9.88 Å². The van der Waals surface area contributed by atoms with Gasteiger partial charge >= 0.3 is 0 Å². The molecule has 1 aromatic heterocycles. The van der Waals surface area contributed by atoms with E-state index >= 15 is 0 Å². The monoisotopic (exact) mass is 295 g/mol. The van der Waals surface area contributed by atoms with Crippen molar-refractivity contribution in [2.45, 2.75) is 24.9 Å². The molecule has 7 nitrogen and oxygen atoms in total. The number of benzene rings is 1. The molecule has 0 radical (unpaired) electrons. The first-order valence-electron chi connectivity index (χ1n) is 6.21. The van der Waals surface area contributed by atoms with E-state index in [2.05, 4.69) is 20.2 Å². The predicted molar refractivity (Wildman–Crippen MR) is 75.7 cm³/mol. The minimum absolute atomic E-state index is 0.238. The van der Waals surface area contributed by atoms with Crippen LogP contribution in [0.25, 0.3) is 0 Å². The van der Waals surface area contributed by atoms with E-state index in [-0.39, 0.29) is 4.90 Å². The highest BCUT2D eigenvalue weighted by molar-refractivity contribution is 7.89. The minimum Gasteiger partial charge on any atom is -0.378 e. The topological polar surface area (TPSA) is 88.9 Å². The van der Waals surface area contributed by atoms with Crippen molar-refractivity contribution in [2.75, 3.05) is 12.4 Å². The van der Waals surface area contributed by atoms with E-state index in [0.29, 0.717) is 6.54 Å². The molecular formula is C12H17N5O2S. The summed E-state index contributed by atoms with van der Waals surface area (Å²) >= 11 is 0. The number of aryl methyl sites for hydroxylation is 1. The van der Waals surface area contributed by atoms with Crippen LogP contribution in [0.4, 0.5) is 5.69 Å². The van der Waals surface area contributed by atoms with Gasteiger partial charge in [-0.2, -0.15) is 0 Å². The molecule has 0 spiro atoms. The third-order valence-electron chi connectivity index (χ3n) is 2.92. The number of nitrogens with zero attached hydrogens (tertiary/aromatic N) is 3. The van der Waals surface area contributed by atoms with Crippen LogP contribution in [0, 0.1) is 0 Å². The fraction of sp³-hybridized carbons (Fsp3) is 0.333. The van der Waals surface area contributed by atoms with E-state index in [1.165, 1.54) is 7.05 Å². The Kier molecular flexibility index (Phi) is 4.35. The summed E-state index contributed by atoms with van der Waals surface area (Å²) in [6, 6.07) is 6.55. The zero-order valence-corrected chi connectivity index (χ0v) is 12.2. The quantitative estimate of drug-likeness (QED) is 0.823. The molecule has 2 N–H and O–H groups in total. The van der Waals surface area contributed by atoms with Crippen LogP contribution >= 0.6 is 0 Å². The van der Waals surface area contributed by atoms with Crippen molar-refractivity contribution in [2.24, 2.45) is 0 Å². The summed E-state index contributed by atoms with van der Waals surface area (Å²) in [6.07, 6.45) is 1.68. The van der Waals surface area contributed by atoms with E-state index in [1.807, 2.05) is 11.5 Å². The Morgan fingerprint density at radius 3 is 2.55 bits per heavy atom. The molecule has 20 heavy (non-hydrogen) atoms. The normalized spacial score (nSPS) is 11.5. The Morgan fingerprint density at radius 1 is 1.25 bits per heavy atom. The largest absolute Gasteiger partial charge is 0.378 e. The lowest BCUT2D eigenvalue weighted by Crippen LogP contribution is -2.18. The zero-order valence-electron chi connectivity index (χ0n) is 11.4. The van der Waals surface area contributed by atoms with E-state index in [0.717, 1.165) is 18.1 Å². The molecule has 0 saturated carbocycles. The number of sulfonamides is 1. The Balaban J connectivity index is 2.05. The van der Waals surface area contributed by atoms with Gasteiger partial charge in [0, 0.05) is 12.2 Å². The third kappa shape index (κ3) is 3.14. The smallest absolute Gasteiger partial charge is 0.240 e. The highest BCUT2D eigenvalue weighted by atomic mass is 32.2. The van der Waals surface area contributed by atoms with Crippen LogP contribution in [-0.4, -0.2) is 30.2 Å². The number of anilines is 1. The summed E-state index contributed by atoms with van der Waals surface area (Å²) in [5, 5.41) is 11.0. The third-order valence-corrected chi connectivity index (χ3v) is 4.35. The number of rotatable bonds is 6. The van der Waals surface area contributed by atoms with E-state index in [1.54, 1.807) is 30.6 Å². The standard InChI is InChI=1S/C12H17N5O2S/c1-3-17-9-15-16-12(17)8-14-10-4-6-11(7-5-10)20(18,19)13-2/h4-7,9,13-14H,3,8H2,1-2H3. The van der Waals surface area contributed by atoms with E-state index in [9.17, 15) is 8.42 Å². The first-order chi connectivity index (χ1) is 9.56. The number of aromatic nitrogens is 3. The lowest BCUT2D eigenvalue weighted by atomic mass is 10.3. The summed E-state index contributed by atoms with van der Waals surface area (Å²) in [4.78, 5) is 0.238. The Bertz CT molecular complexity index is 663. The number of hydrogen-bond donors (Lipinski definition) is 2. The fourth-order valence-electron chi connectivity index (χ4n) is 1.73. The minimum atomic E-state index is -3.39. The van der Waals surface area contributed by atoms with Gasteiger partial charge in [0.1, 0.15) is 6.33 Å². The first-order valence-corrected chi connectivity index (χ1v) is 7.69. The summed E-state index contributed by atoms with van der Waals surface area (Å²) in [6.45, 7) is 3.36. The molecule has 1 heterocycles. The van der Waals surface area contributed by atoms with Gasteiger partial charge in [-0.15, -0.1) is 10.2 Å². The van der Waals surface area contributed by atoms with Crippen molar-refractivity contribution in [3.63, 3.8) is 0 Å². The maximum atomic E-state index is 11.6. The maximum absolute atomic E-state index is 11.6. The van der Waals surface area contributed by atoms with Crippen LogP contribution < -0.4 is 10.0 Å². The van der Waals surface area contributed by atoms with Gasteiger partial charge in [-0.1, -0.05) is 0 Å². The second-order valence-corrected chi connectivity index (χ2v) is 6.01. The van der Waals surface area contributed by atoms with Crippen LogP contribution in [0.2, 0.25) is 0 Å². The van der Waals surface area contributed by atoms with Gasteiger partial charge in [0.05, 0.1) is 11.4 Å². The summed E-state index contributed by atoms with van der Waals surface area (Å²) < 4.78 is 27.4. The highest BCUT2D eigenvalue weighted by Crippen LogP contribution is 2.14. The van der Waals surface area contributed by atoms with Crippen LogP contribution in [0.5, 0.6) is 0 Å². The summed E-state index contributed by atoms with van der Waals surface area (Å²) in [5.74, 6) is 0.833. The van der Waals surface area contributed by atoms with Gasteiger partial charge in [0.25, 0.3) is 0 Å². The molecule has 108 valence electrons. The predicted octanol–water partition coefficient (Wildman–Crippen LogP) is 0.818. The van der Waals surface area contributed by atoms with Crippen molar-refractivity contribution in [3.05, 3.63) is 36.4 Å². The lowest BCUT2D eigenvalue weighted by molar-refractivity contribution is 0.588. The van der Waals surface area contributed by atoms with Gasteiger partial charge in [0.15, 0.2) is 5.82 Å². The zero-order chi connectivity index (χ0) is 14.6. The van der Waals surface area contributed by atoms with Crippen molar-refractivity contribution in [1.29, 1.82) is 0 Å². The Labute approximate surface area is 118 Å². The molecule has 0 fully saturated rings. The van der Waals surface area contributed by atoms with Gasteiger partial charge in [0.2, 0.25) is 10.0 Å².